The van der Waals surface area contributed by atoms with Crippen molar-refractivity contribution in [1.29, 1.82) is 0 Å². The van der Waals surface area contributed by atoms with E-state index in [1.54, 1.807) is 0 Å². The molecule has 2 atom stereocenters. The molecule has 0 N–H and O–H groups in total. The van der Waals surface area contributed by atoms with Crippen LogP contribution < -0.4 is 0 Å². The third-order valence-corrected chi connectivity index (χ3v) is 3.07. The summed E-state index contributed by atoms with van der Waals surface area (Å²) in [7, 11) is 0. The van der Waals surface area contributed by atoms with Gasteiger partial charge >= 0.3 is 0 Å². The average Bonchev–Trinajstić information content (AvgIpc) is 2.20. The summed E-state index contributed by atoms with van der Waals surface area (Å²) < 4.78 is 6.01. The van der Waals surface area contributed by atoms with E-state index in [4.69, 9.17) is 4.74 Å². The maximum Gasteiger partial charge on any atom is 0.0602 e. The van der Waals surface area contributed by atoms with Crippen LogP contribution in [0.15, 0.2) is 12.2 Å². The predicted molar refractivity (Wildman–Crippen MR) is 72.7 cm³/mol. The Kier molecular flexibility index (Phi) is 6.98. The monoisotopic (exact) mass is 226 g/mol. The third kappa shape index (κ3) is 7.05. The topological polar surface area (TPSA) is 9.23 Å². The molecule has 0 bridgehead atoms. The van der Waals surface area contributed by atoms with Crippen molar-refractivity contribution in [2.45, 2.75) is 78.9 Å². The van der Waals surface area contributed by atoms with Gasteiger partial charge in [0.05, 0.1) is 11.7 Å². The highest BCUT2D eigenvalue weighted by atomic mass is 16.5. The smallest absolute Gasteiger partial charge is 0.0602 e. The SMILES string of the molecule is C=C(CCC(CC)OC(C)(C)C)C(C)CC. The number of rotatable bonds is 7. The van der Waals surface area contributed by atoms with Crippen molar-refractivity contribution in [2.75, 3.05) is 0 Å². The standard InChI is InChI=1S/C15H30O/c1-8-12(3)13(4)10-11-14(9-2)16-15(5,6)7/h12,14H,4,8-11H2,1-3,5-7H3. The molecule has 2 unspecified atom stereocenters. The third-order valence-electron chi connectivity index (χ3n) is 3.07. The van der Waals surface area contributed by atoms with E-state index >= 15 is 0 Å². The Hall–Kier alpha value is -0.300. The lowest BCUT2D eigenvalue weighted by Gasteiger charge is -2.27. The first kappa shape index (κ1) is 15.7. The van der Waals surface area contributed by atoms with Crippen molar-refractivity contribution in [3.63, 3.8) is 0 Å². The van der Waals surface area contributed by atoms with E-state index < -0.39 is 0 Å². The van der Waals surface area contributed by atoms with Crippen molar-refractivity contribution in [1.82, 2.24) is 0 Å². The first-order chi connectivity index (χ1) is 7.30. The van der Waals surface area contributed by atoms with Crippen molar-refractivity contribution >= 4 is 0 Å². The minimum atomic E-state index is -0.0294. The van der Waals surface area contributed by atoms with E-state index in [1.165, 1.54) is 12.0 Å². The number of ether oxygens (including phenoxy) is 1. The molecule has 0 aliphatic heterocycles. The van der Waals surface area contributed by atoms with Gasteiger partial charge in [-0.2, -0.15) is 0 Å². The van der Waals surface area contributed by atoms with Crippen LogP contribution in [0.5, 0.6) is 0 Å². The molecule has 96 valence electrons. The Morgan fingerprint density at radius 1 is 1.19 bits per heavy atom. The van der Waals surface area contributed by atoms with E-state index in [0.29, 0.717) is 12.0 Å². The van der Waals surface area contributed by atoms with Gasteiger partial charge in [-0.1, -0.05) is 32.9 Å². The quantitative estimate of drug-likeness (QED) is 0.557. The molecule has 0 aliphatic rings. The molecule has 0 radical (unpaired) electrons. The molecule has 1 heteroatoms. The zero-order chi connectivity index (χ0) is 12.8. The van der Waals surface area contributed by atoms with E-state index in [1.807, 2.05) is 0 Å². The lowest BCUT2D eigenvalue weighted by molar-refractivity contribution is -0.0640. The van der Waals surface area contributed by atoms with Crippen LogP contribution in [0, 0.1) is 5.92 Å². The van der Waals surface area contributed by atoms with Crippen LogP contribution >= 0.6 is 0 Å². The van der Waals surface area contributed by atoms with Gasteiger partial charge in [0.1, 0.15) is 0 Å². The van der Waals surface area contributed by atoms with Crippen molar-refractivity contribution < 1.29 is 4.74 Å². The lowest BCUT2D eigenvalue weighted by Crippen LogP contribution is -2.27. The van der Waals surface area contributed by atoms with Crippen LogP contribution in [0.3, 0.4) is 0 Å². The zero-order valence-corrected chi connectivity index (χ0v) is 12.1. The van der Waals surface area contributed by atoms with Crippen LogP contribution in [-0.2, 0) is 4.74 Å². The van der Waals surface area contributed by atoms with Crippen LogP contribution in [-0.4, -0.2) is 11.7 Å². The minimum absolute atomic E-state index is 0.0294. The Bertz CT molecular complexity index is 200. The van der Waals surface area contributed by atoms with Gasteiger partial charge in [0, 0.05) is 0 Å². The fourth-order valence-electron chi connectivity index (χ4n) is 1.73. The van der Waals surface area contributed by atoms with Gasteiger partial charge < -0.3 is 4.74 Å². The highest BCUT2D eigenvalue weighted by Gasteiger charge is 2.17. The normalized spacial score (nSPS) is 15.9. The maximum atomic E-state index is 6.01. The summed E-state index contributed by atoms with van der Waals surface area (Å²) in [5.41, 5.74) is 1.34. The summed E-state index contributed by atoms with van der Waals surface area (Å²) in [6.07, 6.45) is 4.86. The molecule has 0 fully saturated rings. The average molecular weight is 226 g/mol. The molecule has 0 saturated carbocycles. The Labute approximate surface area is 102 Å². The molecule has 0 aliphatic carbocycles. The second kappa shape index (κ2) is 7.11. The van der Waals surface area contributed by atoms with E-state index in [9.17, 15) is 0 Å². The highest BCUT2D eigenvalue weighted by Crippen LogP contribution is 2.22. The largest absolute Gasteiger partial charge is 0.373 e. The number of allylic oxidation sites excluding steroid dienone is 1. The fraction of sp³-hybridized carbons (Fsp3) is 0.867. The fourth-order valence-corrected chi connectivity index (χ4v) is 1.73. The van der Waals surface area contributed by atoms with Gasteiger partial charge in [0.2, 0.25) is 0 Å². The summed E-state index contributed by atoms with van der Waals surface area (Å²) in [6, 6.07) is 0. The predicted octanol–water partition coefficient (Wildman–Crippen LogP) is 4.96. The first-order valence-corrected chi connectivity index (χ1v) is 6.65. The van der Waals surface area contributed by atoms with Gasteiger partial charge in [-0.05, 0) is 52.4 Å². The van der Waals surface area contributed by atoms with Gasteiger partial charge in [-0.25, -0.2) is 0 Å². The van der Waals surface area contributed by atoms with Crippen LogP contribution in [0.25, 0.3) is 0 Å². The minimum Gasteiger partial charge on any atom is -0.373 e. The van der Waals surface area contributed by atoms with Crippen LogP contribution in [0.2, 0.25) is 0 Å². The molecule has 0 amide bonds. The van der Waals surface area contributed by atoms with Crippen LogP contribution in [0.1, 0.15) is 67.2 Å². The first-order valence-electron chi connectivity index (χ1n) is 6.65. The molecule has 0 aromatic heterocycles. The zero-order valence-electron chi connectivity index (χ0n) is 12.1. The summed E-state index contributed by atoms with van der Waals surface area (Å²) in [5, 5.41) is 0. The summed E-state index contributed by atoms with van der Waals surface area (Å²) in [4.78, 5) is 0. The van der Waals surface area contributed by atoms with Gasteiger partial charge in [0.15, 0.2) is 0 Å². The number of hydrogen-bond donors (Lipinski definition) is 0. The van der Waals surface area contributed by atoms with E-state index in [2.05, 4.69) is 48.1 Å². The second-order valence-electron chi connectivity index (χ2n) is 5.77. The molecule has 0 spiro atoms. The number of hydrogen-bond acceptors (Lipinski definition) is 1. The summed E-state index contributed by atoms with van der Waals surface area (Å²) in [6.45, 7) is 17.2. The van der Waals surface area contributed by atoms with Gasteiger partial charge in [-0.15, -0.1) is 0 Å². The molecule has 0 rings (SSSR count). The molecule has 16 heavy (non-hydrogen) atoms. The highest BCUT2D eigenvalue weighted by molar-refractivity contribution is 4.98. The molecule has 0 aromatic rings. The molecule has 0 saturated heterocycles. The van der Waals surface area contributed by atoms with Gasteiger partial charge in [0.25, 0.3) is 0 Å². The maximum absolute atomic E-state index is 6.01. The summed E-state index contributed by atoms with van der Waals surface area (Å²) in [5.74, 6) is 0.646. The Balaban J connectivity index is 4.01. The molecular weight excluding hydrogens is 196 g/mol. The van der Waals surface area contributed by atoms with Crippen LogP contribution in [0.4, 0.5) is 0 Å². The van der Waals surface area contributed by atoms with E-state index in [0.717, 1.165) is 19.3 Å². The lowest BCUT2D eigenvalue weighted by atomic mass is 9.94. The van der Waals surface area contributed by atoms with Crippen molar-refractivity contribution in [3.8, 4) is 0 Å². The van der Waals surface area contributed by atoms with E-state index in [-0.39, 0.29) is 5.60 Å². The van der Waals surface area contributed by atoms with Crippen molar-refractivity contribution in [2.24, 2.45) is 5.92 Å². The Morgan fingerprint density at radius 3 is 2.12 bits per heavy atom. The van der Waals surface area contributed by atoms with Crippen molar-refractivity contribution in [3.05, 3.63) is 12.2 Å². The molecule has 1 nitrogen and oxygen atoms in total. The molecule has 0 aromatic carbocycles. The molecular formula is C15H30O. The molecule has 0 heterocycles. The second-order valence-corrected chi connectivity index (χ2v) is 5.77. The Morgan fingerprint density at radius 2 is 1.75 bits per heavy atom. The van der Waals surface area contributed by atoms with Gasteiger partial charge in [-0.3, -0.25) is 0 Å². The summed E-state index contributed by atoms with van der Waals surface area (Å²) >= 11 is 0.